The quantitative estimate of drug-likeness (QED) is 0.465. The van der Waals surface area contributed by atoms with Crippen molar-refractivity contribution >= 4 is 29.2 Å². The van der Waals surface area contributed by atoms with Crippen LogP contribution in [0.15, 0.2) is 42.5 Å². The lowest BCUT2D eigenvalue weighted by molar-refractivity contribution is -0.157. The van der Waals surface area contributed by atoms with Crippen LogP contribution in [0.25, 0.3) is 0 Å². The highest BCUT2D eigenvalue weighted by molar-refractivity contribution is 6.31. The highest BCUT2D eigenvalue weighted by Crippen LogP contribution is 2.52. The Morgan fingerprint density at radius 2 is 1.74 bits per heavy atom. The molecule has 34 heavy (non-hydrogen) atoms. The van der Waals surface area contributed by atoms with E-state index in [-0.39, 0.29) is 16.0 Å². The fraction of sp³-hybridized carbons (Fsp3) is 0.481. The first kappa shape index (κ1) is 26.5. The number of nitrogens with zero attached hydrogens (tertiary/aromatic N) is 1. The van der Waals surface area contributed by atoms with Crippen molar-refractivity contribution in [1.82, 2.24) is 5.32 Å². The topological polar surface area (TPSA) is 62.1 Å². The average Bonchev–Trinajstić information content (AvgIpc) is 3.02. The lowest BCUT2D eigenvalue weighted by Gasteiger charge is -2.37. The molecule has 4 atom stereocenters. The summed E-state index contributed by atoms with van der Waals surface area (Å²) in [7, 11) is 0. The third-order valence-electron chi connectivity index (χ3n) is 6.05. The van der Waals surface area contributed by atoms with E-state index >= 15 is 4.39 Å². The Bertz CT molecular complexity index is 1100. The van der Waals surface area contributed by atoms with Crippen molar-refractivity contribution in [1.29, 1.82) is 5.26 Å². The molecule has 182 valence electrons. The first-order valence-corrected chi connectivity index (χ1v) is 12.1. The Labute approximate surface area is 211 Å². The number of esters is 1. The van der Waals surface area contributed by atoms with Gasteiger partial charge in [0.2, 0.25) is 0 Å². The van der Waals surface area contributed by atoms with Gasteiger partial charge in [0.15, 0.2) is 0 Å². The largest absolute Gasteiger partial charge is 0.459 e. The normalized spacial score (nSPS) is 25.1. The summed E-state index contributed by atoms with van der Waals surface area (Å²) < 4.78 is 21.2. The van der Waals surface area contributed by atoms with Gasteiger partial charge in [0.25, 0.3) is 0 Å². The van der Waals surface area contributed by atoms with Gasteiger partial charge in [-0.1, -0.05) is 68.2 Å². The van der Waals surface area contributed by atoms with Gasteiger partial charge in [-0.2, -0.15) is 5.26 Å². The van der Waals surface area contributed by atoms with Crippen LogP contribution >= 0.6 is 23.2 Å². The number of carbonyl (C=O) groups is 1. The lowest BCUT2D eigenvalue weighted by atomic mass is 9.63. The Hall–Kier alpha value is -2.13. The first-order valence-electron chi connectivity index (χ1n) is 11.3. The highest BCUT2D eigenvalue weighted by atomic mass is 35.5. The molecule has 1 N–H and O–H groups in total. The van der Waals surface area contributed by atoms with Crippen molar-refractivity contribution in [2.75, 3.05) is 0 Å². The van der Waals surface area contributed by atoms with E-state index in [2.05, 4.69) is 32.2 Å². The summed E-state index contributed by atoms with van der Waals surface area (Å²) in [5.74, 6) is -2.07. The molecule has 3 rings (SSSR count). The van der Waals surface area contributed by atoms with Crippen LogP contribution in [0.2, 0.25) is 10.0 Å². The van der Waals surface area contributed by atoms with Gasteiger partial charge in [-0.25, -0.2) is 4.39 Å². The number of nitriles is 1. The van der Waals surface area contributed by atoms with Crippen molar-refractivity contribution in [3.63, 3.8) is 0 Å². The Kier molecular flexibility index (Phi) is 7.39. The summed E-state index contributed by atoms with van der Waals surface area (Å²) in [6, 6.07) is 12.7. The molecule has 0 bridgehead atoms. The number of halogens is 3. The van der Waals surface area contributed by atoms with E-state index < -0.39 is 40.8 Å². The maximum Gasteiger partial charge on any atom is 0.324 e. The van der Waals surface area contributed by atoms with Gasteiger partial charge in [-0.15, -0.1) is 0 Å². The van der Waals surface area contributed by atoms with Gasteiger partial charge in [-0.05, 0) is 61.9 Å². The van der Waals surface area contributed by atoms with Crippen LogP contribution in [0.3, 0.4) is 0 Å². The Morgan fingerprint density at radius 1 is 1.12 bits per heavy atom. The van der Waals surface area contributed by atoms with E-state index in [0.29, 0.717) is 17.0 Å². The van der Waals surface area contributed by atoms with Crippen LogP contribution in [0.4, 0.5) is 4.39 Å². The fourth-order valence-corrected chi connectivity index (χ4v) is 5.14. The van der Waals surface area contributed by atoms with Crippen molar-refractivity contribution in [2.45, 2.75) is 77.0 Å². The summed E-state index contributed by atoms with van der Waals surface area (Å²) in [5.41, 5.74) is -1.38. The van der Waals surface area contributed by atoms with E-state index in [1.807, 2.05) is 0 Å². The second-order valence-corrected chi connectivity index (χ2v) is 11.9. The summed E-state index contributed by atoms with van der Waals surface area (Å²) in [5, 5.41) is 14.6. The number of ether oxygens (including phenoxy) is 1. The molecule has 1 fully saturated rings. The third kappa shape index (κ3) is 5.25. The van der Waals surface area contributed by atoms with Gasteiger partial charge in [0.1, 0.15) is 22.9 Å². The zero-order valence-corrected chi connectivity index (χ0v) is 21.9. The van der Waals surface area contributed by atoms with Crippen molar-refractivity contribution < 1.29 is 13.9 Å². The fourth-order valence-electron chi connectivity index (χ4n) is 4.83. The standard InChI is InChI=1S/C27H31Cl2FN2O2/c1-25(2,3)14-20-27(15-31,16-10-12-17(28)13-11-16)21(18-8-7-9-19(29)22(18)30)23(32-20)24(33)34-26(4,5)6/h7-13,20-21,23,32H,14H2,1-6H3/t20-,21-,23+,27-/m0/s1. The van der Waals surface area contributed by atoms with Gasteiger partial charge in [0, 0.05) is 17.0 Å². The number of hydrogen-bond donors (Lipinski definition) is 1. The molecular formula is C27H31Cl2FN2O2. The van der Waals surface area contributed by atoms with Gasteiger partial charge in [0.05, 0.1) is 11.1 Å². The minimum atomic E-state index is -1.29. The molecule has 0 amide bonds. The lowest BCUT2D eigenvalue weighted by Crippen LogP contribution is -2.44. The van der Waals surface area contributed by atoms with Crippen LogP contribution in [0.1, 0.15) is 65.0 Å². The number of rotatable bonds is 4. The van der Waals surface area contributed by atoms with Crippen molar-refractivity contribution in [3.8, 4) is 6.07 Å². The SMILES string of the molecule is CC(C)(C)C[C@@H]1N[C@@H](C(=O)OC(C)(C)C)[C@H](c2cccc(Cl)c2F)[C@@]1(C#N)c1ccc(Cl)cc1. The summed E-state index contributed by atoms with van der Waals surface area (Å²) in [6.45, 7) is 11.5. The molecule has 1 saturated heterocycles. The Morgan fingerprint density at radius 3 is 2.26 bits per heavy atom. The van der Waals surface area contributed by atoms with Crippen molar-refractivity contribution in [2.24, 2.45) is 5.41 Å². The third-order valence-corrected chi connectivity index (χ3v) is 6.60. The zero-order chi connectivity index (χ0) is 25.5. The van der Waals surface area contributed by atoms with Crippen LogP contribution in [0, 0.1) is 22.6 Å². The molecule has 2 aromatic rings. The molecule has 1 heterocycles. The zero-order valence-electron chi connectivity index (χ0n) is 20.4. The molecule has 0 saturated carbocycles. The molecule has 1 aliphatic rings. The molecule has 1 aliphatic heterocycles. The maximum atomic E-state index is 15.5. The van der Waals surface area contributed by atoms with Crippen LogP contribution in [-0.4, -0.2) is 23.7 Å². The number of nitrogens with one attached hydrogen (secondary N) is 1. The first-order chi connectivity index (χ1) is 15.7. The smallest absolute Gasteiger partial charge is 0.324 e. The molecule has 4 nitrogen and oxygen atoms in total. The second kappa shape index (κ2) is 9.49. The van der Waals surface area contributed by atoms with Gasteiger partial charge < -0.3 is 4.74 Å². The number of hydrogen-bond acceptors (Lipinski definition) is 4. The number of benzene rings is 2. The summed E-state index contributed by atoms with van der Waals surface area (Å²) in [4.78, 5) is 13.5. The second-order valence-electron chi connectivity index (χ2n) is 11.1. The van der Waals surface area contributed by atoms with E-state index in [1.54, 1.807) is 57.2 Å². The molecule has 0 aliphatic carbocycles. The molecule has 0 radical (unpaired) electrons. The van der Waals surface area contributed by atoms with Crippen molar-refractivity contribution in [3.05, 3.63) is 69.5 Å². The monoisotopic (exact) mass is 504 g/mol. The number of carbonyl (C=O) groups excluding carboxylic acids is 1. The minimum Gasteiger partial charge on any atom is -0.459 e. The molecular weight excluding hydrogens is 474 g/mol. The predicted molar refractivity (Wildman–Crippen MR) is 134 cm³/mol. The maximum absolute atomic E-state index is 15.5. The van der Waals surface area contributed by atoms with E-state index in [0.717, 1.165) is 0 Å². The average molecular weight is 505 g/mol. The molecule has 0 aromatic heterocycles. The molecule has 7 heteroatoms. The van der Waals surface area contributed by atoms with Gasteiger partial charge in [-0.3, -0.25) is 10.1 Å². The van der Waals surface area contributed by atoms with E-state index in [4.69, 9.17) is 27.9 Å². The van der Waals surface area contributed by atoms with E-state index in [9.17, 15) is 10.1 Å². The predicted octanol–water partition coefficient (Wildman–Crippen LogP) is 6.80. The van der Waals surface area contributed by atoms with E-state index in [1.165, 1.54) is 6.07 Å². The van der Waals surface area contributed by atoms with Gasteiger partial charge >= 0.3 is 5.97 Å². The molecule has 2 aromatic carbocycles. The van der Waals surface area contributed by atoms with Crippen LogP contribution in [0.5, 0.6) is 0 Å². The minimum absolute atomic E-state index is 0.0670. The van der Waals surface area contributed by atoms with Crippen LogP contribution in [-0.2, 0) is 14.9 Å². The molecule has 0 spiro atoms. The highest BCUT2D eigenvalue weighted by Gasteiger charge is 2.61. The summed E-state index contributed by atoms with van der Waals surface area (Å²) in [6.07, 6.45) is 0.557. The van der Waals surface area contributed by atoms with Crippen LogP contribution < -0.4 is 5.32 Å². The molecule has 0 unspecified atom stereocenters. The Balaban J connectivity index is 2.32. The summed E-state index contributed by atoms with van der Waals surface area (Å²) >= 11 is 12.3.